The van der Waals surface area contributed by atoms with Crippen molar-refractivity contribution in [1.29, 1.82) is 0 Å². The van der Waals surface area contributed by atoms with Crippen molar-refractivity contribution in [3.8, 4) is 0 Å². The first kappa shape index (κ1) is 15.7. The maximum atomic E-state index is 11.7. The van der Waals surface area contributed by atoms with Crippen LogP contribution in [0.3, 0.4) is 0 Å². The Kier molecular flexibility index (Phi) is 5.01. The van der Waals surface area contributed by atoms with Crippen LogP contribution in [-0.2, 0) is 9.84 Å². The van der Waals surface area contributed by atoms with Gasteiger partial charge in [-0.25, -0.2) is 8.42 Å². The van der Waals surface area contributed by atoms with Gasteiger partial charge in [-0.1, -0.05) is 18.0 Å². The Morgan fingerprint density at radius 2 is 2.20 bits per heavy atom. The molecular weight excluding hydrogens is 298 g/mol. The summed E-state index contributed by atoms with van der Waals surface area (Å²) in [4.78, 5) is 4.29. The molecule has 3 atom stereocenters. The summed E-state index contributed by atoms with van der Waals surface area (Å²) in [7, 11) is -3.00. The Labute approximate surface area is 124 Å². The number of nitrogens with two attached hydrogens (primary N) is 1. The molecule has 1 aromatic rings. The van der Waals surface area contributed by atoms with E-state index >= 15 is 0 Å². The minimum absolute atomic E-state index is 0.142. The molecule has 1 aliphatic rings. The van der Waals surface area contributed by atoms with Gasteiger partial charge < -0.3 is 0 Å². The molecule has 0 aromatic carbocycles. The molecule has 2 rings (SSSR count). The highest BCUT2D eigenvalue weighted by Gasteiger charge is 2.33. The second-order valence-electron chi connectivity index (χ2n) is 5.42. The molecular formula is C13H20ClN3O2S. The molecule has 3 unspecified atom stereocenters. The van der Waals surface area contributed by atoms with Gasteiger partial charge in [-0.05, 0) is 37.3 Å². The van der Waals surface area contributed by atoms with E-state index in [0.29, 0.717) is 11.4 Å². The van der Waals surface area contributed by atoms with E-state index in [1.807, 2.05) is 6.07 Å². The topological polar surface area (TPSA) is 85.1 Å². The van der Waals surface area contributed by atoms with Gasteiger partial charge in [0.15, 0.2) is 0 Å². The predicted molar refractivity (Wildman–Crippen MR) is 79.9 cm³/mol. The lowest BCUT2D eigenvalue weighted by molar-refractivity contribution is 0.271. The number of halogens is 1. The second-order valence-corrected chi connectivity index (χ2v) is 8.19. The molecule has 3 N–H and O–H groups in total. The van der Waals surface area contributed by atoms with Gasteiger partial charge in [-0.2, -0.15) is 0 Å². The van der Waals surface area contributed by atoms with Gasteiger partial charge in [0.1, 0.15) is 9.84 Å². The van der Waals surface area contributed by atoms with Crippen LogP contribution in [0, 0.1) is 5.92 Å². The summed E-state index contributed by atoms with van der Waals surface area (Å²) in [6.45, 7) is 0. The van der Waals surface area contributed by atoms with Crippen LogP contribution >= 0.6 is 11.6 Å². The highest BCUT2D eigenvalue weighted by Crippen LogP contribution is 2.36. The van der Waals surface area contributed by atoms with Crippen LogP contribution in [0.15, 0.2) is 18.3 Å². The van der Waals surface area contributed by atoms with Crippen LogP contribution in [0.25, 0.3) is 0 Å². The lowest BCUT2D eigenvalue weighted by Gasteiger charge is -2.33. The number of nitrogens with zero attached hydrogens (tertiary/aromatic N) is 1. The van der Waals surface area contributed by atoms with Gasteiger partial charge in [0.05, 0.1) is 22.0 Å². The third-order valence-electron chi connectivity index (χ3n) is 3.99. The molecule has 1 fully saturated rings. The molecule has 112 valence electrons. The zero-order valence-corrected chi connectivity index (χ0v) is 13.0. The summed E-state index contributed by atoms with van der Waals surface area (Å²) >= 11 is 5.83. The summed E-state index contributed by atoms with van der Waals surface area (Å²) < 4.78 is 23.5. The standard InChI is InChI=1S/C13H20ClN3O2S/c1-20(18,19)11-4-2-3-9(7-11)13(17-15)12-6-5-10(14)8-16-12/h5-6,8-9,11,13,17H,2-4,7,15H2,1H3. The van der Waals surface area contributed by atoms with Crippen molar-refractivity contribution in [1.82, 2.24) is 10.4 Å². The van der Waals surface area contributed by atoms with Crippen molar-refractivity contribution < 1.29 is 8.42 Å². The molecule has 0 aliphatic heterocycles. The molecule has 0 spiro atoms. The fourth-order valence-corrected chi connectivity index (χ4v) is 4.21. The molecule has 20 heavy (non-hydrogen) atoms. The number of hydrogen-bond acceptors (Lipinski definition) is 5. The summed E-state index contributed by atoms with van der Waals surface area (Å²) in [5.74, 6) is 5.82. The van der Waals surface area contributed by atoms with Gasteiger partial charge in [0, 0.05) is 12.5 Å². The number of hydrazine groups is 1. The molecule has 0 amide bonds. The van der Waals surface area contributed by atoms with Gasteiger partial charge >= 0.3 is 0 Å². The van der Waals surface area contributed by atoms with E-state index in [0.717, 1.165) is 25.0 Å². The van der Waals surface area contributed by atoms with Crippen molar-refractivity contribution >= 4 is 21.4 Å². The SMILES string of the molecule is CS(=O)(=O)C1CCCC(C(NN)c2ccc(Cl)cn2)C1. The Morgan fingerprint density at radius 1 is 1.45 bits per heavy atom. The van der Waals surface area contributed by atoms with Crippen LogP contribution in [0.2, 0.25) is 5.02 Å². The zero-order chi connectivity index (χ0) is 14.8. The molecule has 1 aromatic heterocycles. The number of rotatable bonds is 4. The maximum Gasteiger partial charge on any atom is 0.150 e. The van der Waals surface area contributed by atoms with E-state index in [9.17, 15) is 8.42 Å². The van der Waals surface area contributed by atoms with E-state index in [4.69, 9.17) is 17.4 Å². The summed E-state index contributed by atoms with van der Waals surface area (Å²) in [5, 5.41) is 0.298. The van der Waals surface area contributed by atoms with Crippen molar-refractivity contribution in [3.05, 3.63) is 29.0 Å². The first-order chi connectivity index (χ1) is 9.41. The van der Waals surface area contributed by atoms with E-state index in [1.54, 1.807) is 12.3 Å². The minimum Gasteiger partial charge on any atom is -0.271 e. The largest absolute Gasteiger partial charge is 0.271 e. The van der Waals surface area contributed by atoms with Crippen LogP contribution < -0.4 is 11.3 Å². The molecule has 5 nitrogen and oxygen atoms in total. The van der Waals surface area contributed by atoms with Crippen molar-refractivity contribution in [3.63, 3.8) is 0 Å². The fourth-order valence-electron chi connectivity index (χ4n) is 2.91. The Hall–Kier alpha value is -0.690. The van der Waals surface area contributed by atoms with Crippen LogP contribution in [0.1, 0.15) is 37.4 Å². The first-order valence-electron chi connectivity index (χ1n) is 6.68. The predicted octanol–water partition coefficient (Wildman–Crippen LogP) is 1.84. The number of nitrogens with one attached hydrogen (secondary N) is 1. The van der Waals surface area contributed by atoms with E-state index in [1.165, 1.54) is 6.26 Å². The monoisotopic (exact) mass is 317 g/mol. The Balaban J connectivity index is 2.17. The summed E-state index contributed by atoms with van der Waals surface area (Å²) in [5.41, 5.74) is 3.58. The maximum absolute atomic E-state index is 11.7. The van der Waals surface area contributed by atoms with Crippen molar-refractivity contribution in [2.45, 2.75) is 37.0 Å². The molecule has 7 heteroatoms. The van der Waals surface area contributed by atoms with Crippen LogP contribution in [-0.4, -0.2) is 24.9 Å². The Bertz CT molecular complexity index is 547. The van der Waals surface area contributed by atoms with Crippen molar-refractivity contribution in [2.24, 2.45) is 11.8 Å². The number of aromatic nitrogens is 1. The molecule has 0 radical (unpaired) electrons. The van der Waals surface area contributed by atoms with Gasteiger partial charge in [0.25, 0.3) is 0 Å². The normalized spacial score (nSPS) is 25.4. The molecule has 1 aliphatic carbocycles. The number of sulfone groups is 1. The third-order valence-corrected chi connectivity index (χ3v) is 5.85. The summed E-state index contributed by atoms with van der Waals surface area (Å²) in [6, 6.07) is 3.46. The van der Waals surface area contributed by atoms with E-state index in [-0.39, 0.29) is 17.2 Å². The number of hydrogen-bond donors (Lipinski definition) is 2. The molecule has 0 bridgehead atoms. The molecule has 1 heterocycles. The van der Waals surface area contributed by atoms with Crippen LogP contribution in [0.4, 0.5) is 0 Å². The zero-order valence-electron chi connectivity index (χ0n) is 11.4. The second kappa shape index (κ2) is 6.39. The minimum atomic E-state index is -3.00. The average molecular weight is 318 g/mol. The Morgan fingerprint density at radius 3 is 2.75 bits per heavy atom. The highest BCUT2D eigenvalue weighted by molar-refractivity contribution is 7.91. The highest BCUT2D eigenvalue weighted by atomic mass is 35.5. The van der Waals surface area contributed by atoms with Gasteiger partial charge in [-0.15, -0.1) is 0 Å². The fraction of sp³-hybridized carbons (Fsp3) is 0.615. The lowest BCUT2D eigenvalue weighted by atomic mass is 9.82. The average Bonchev–Trinajstić information content (AvgIpc) is 2.41. The smallest absolute Gasteiger partial charge is 0.150 e. The molecule has 0 saturated heterocycles. The van der Waals surface area contributed by atoms with Gasteiger partial charge in [0.2, 0.25) is 0 Å². The van der Waals surface area contributed by atoms with E-state index in [2.05, 4.69) is 10.4 Å². The lowest BCUT2D eigenvalue weighted by Crippen LogP contribution is -2.38. The third kappa shape index (κ3) is 3.69. The van der Waals surface area contributed by atoms with E-state index < -0.39 is 9.84 Å². The summed E-state index contributed by atoms with van der Waals surface area (Å²) in [6.07, 6.45) is 6.10. The van der Waals surface area contributed by atoms with Crippen LogP contribution in [0.5, 0.6) is 0 Å². The van der Waals surface area contributed by atoms with Crippen molar-refractivity contribution in [2.75, 3.05) is 6.26 Å². The first-order valence-corrected chi connectivity index (χ1v) is 9.01. The van der Waals surface area contributed by atoms with Gasteiger partial charge in [-0.3, -0.25) is 16.3 Å². The number of pyridine rings is 1. The quantitative estimate of drug-likeness (QED) is 0.654. The molecule has 1 saturated carbocycles.